The van der Waals surface area contributed by atoms with E-state index < -0.39 is 0 Å². The molecule has 0 aliphatic rings. The van der Waals surface area contributed by atoms with Gasteiger partial charge in [0.15, 0.2) is 12.4 Å². The van der Waals surface area contributed by atoms with Crippen LogP contribution in [-0.4, -0.2) is 28.2 Å². The highest BCUT2D eigenvalue weighted by molar-refractivity contribution is 5.78. The van der Waals surface area contributed by atoms with Gasteiger partial charge in [-0.15, -0.1) is 0 Å². The molecule has 6 nitrogen and oxygen atoms in total. The van der Waals surface area contributed by atoms with Crippen LogP contribution in [0.15, 0.2) is 28.8 Å². The van der Waals surface area contributed by atoms with E-state index in [2.05, 4.69) is 15.5 Å². The molecular weight excluding hydrogens is 294 g/mol. The van der Waals surface area contributed by atoms with Crippen molar-refractivity contribution >= 4 is 5.91 Å². The van der Waals surface area contributed by atoms with Gasteiger partial charge in [0.2, 0.25) is 0 Å². The average molecular weight is 317 g/mol. The summed E-state index contributed by atoms with van der Waals surface area (Å²) in [5.74, 6) is 1.56. The molecule has 0 unspecified atom stereocenters. The van der Waals surface area contributed by atoms with Crippen LogP contribution >= 0.6 is 0 Å². The topological polar surface area (TPSA) is 77.2 Å². The Morgan fingerprint density at radius 2 is 2.00 bits per heavy atom. The summed E-state index contributed by atoms with van der Waals surface area (Å²) in [6.45, 7) is 9.68. The monoisotopic (exact) mass is 317 g/mol. The van der Waals surface area contributed by atoms with Crippen LogP contribution in [0, 0.1) is 0 Å². The predicted molar refractivity (Wildman–Crippen MR) is 87.2 cm³/mol. The largest absolute Gasteiger partial charge is 0.483 e. The van der Waals surface area contributed by atoms with E-state index in [9.17, 15) is 4.79 Å². The minimum absolute atomic E-state index is 0.0700. The van der Waals surface area contributed by atoms with E-state index in [1.165, 1.54) is 0 Å². The number of para-hydroxylation sites is 1. The van der Waals surface area contributed by atoms with Crippen molar-refractivity contribution in [3.63, 3.8) is 0 Å². The van der Waals surface area contributed by atoms with Gasteiger partial charge in [0, 0.05) is 11.5 Å². The zero-order valence-corrected chi connectivity index (χ0v) is 14.2. The van der Waals surface area contributed by atoms with Gasteiger partial charge >= 0.3 is 0 Å². The molecule has 0 saturated carbocycles. The van der Waals surface area contributed by atoms with Gasteiger partial charge in [-0.3, -0.25) is 4.79 Å². The summed E-state index contributed by atoms with van der Waals surface area (Å²) in [5, 5.41) is 6.81. The number of nitrogens with one attached hydrogen (secondary N) is 1. The first-order valence-corrected chi connectivity index (χ1v) is 7.63. The second kappa shape index (κ2) is 6.81. The maximum Gasteiger partial charge on any atom is 0.261 e. The van der Waals surface area contributed by atoms with Gasteiger partial charge in [-0.1, -0.05) is 31.1 Å². The molecule has 0 fully saturated rings. The molecule has 0 aliphatic heterocycles. The van der Waals surface area contributed by atoms with Gasteiger partial charge in [-0.05, 0) is 32.9 Å². The Kier molecular flexibility index (Phi) is 5.03. The van der Waals surface area contributed by atoms with Gasteiger partial charge in [0.1, 0.15) is 5.75 Å². The molecule has 1 heterocycles. The summed E-state index contributed by atoms with van der Waals surface area (Å²) in [5.41, 5.74) is 0.383. The molecule has 0 radical (unpaired) electrons. The minimum atomic E-state index is -0.293. The highest BCUT2D eigenvalue weighted by Gasteiger charge is 2.17. The molecule has 1 aromatic carbocycles. The van der Waals surface area contributed by atoms with Gasteiger partial charge in [0.05, 0.1) is 5.56 Å². The maximum atomic E-state index is 11.9. The molecule has 0 atom stereocenters. The smallest absolute Gasteiger partial charge is 0.261 e. The summed E-state index contributed by atoms with van der Waals surface area (Å²) in [7, 11) is 0. The lowest BCUT2D eigenvalue weighted by Gasteiger charge is -2.20. The van der Waals surface area contributed by atoms with Gasteiger partial charge in [-0.2, -0.15) is 4.98 Å². The number of aromatic nitrogens is 2. The highest BCUT2D eigenvalue weighted by Crippen LogP contribution is 2.29. The summed E-state index contributed by atoms with van der Waals surface area (Å²) in [4.78, 5) is 16.3. The third-order valence-corrected chi connectivity index (χ3v) is 2.95. The second-order valence-electron chi connectivity index (χ2n) is 6.70. The van der Waals surface area contributed by atoms with E-state index in [0.717, 1.165) is 0 Å². The molecule has 2 aromatic rings. The lowest BCUT2D eigenvalue weighted by atomic mass is 10.1. The van der Waals surface area contributed by atoms with Crippen molar-refractivity contribution in [1.29, 1.82) is 0 Å². The van der Waals surface area contributed by atoms with E-state index in [-0.39, 0.29) is 24.0 Å². The summed E-state index contributed by atoms with van der Waals surface area (Å²) in [6, 6.07) is 7.30. The number of hydrogen-bond acceptors (Lipinski definition) is 5. The van der Waals surface area contributed by atoms with Crippen LogP contribution in [0.4, 0.5) is 0 Å². The van der Waals surface area contributed by atoms with E-state index in [4.69, 9.17) is 9.26 Å². The molecule has 6 heteroatoms. The van der Waals surface area contributed by atoms with Crippen LogP contribution in [0.2, 0.25) is 0 Å². The number of ether oxygens (including phenoxy) is 1. The lowest BCUT2D eigenvalue weighted by Crippen LogP contribution is -2.43. The number of rotatable bonds is 5. The maximum absolute atomic E-state index is 11.9. The normalized spacial score (nSPS) is 11.6. The number of carbonyl (C=O) groups is 1. The molecule has 1 amide bonds. The van der Waals surface area contributed by atoms with Gasteiger partial charge in [0.25, 0.3) is 11.8 Å². The summed E-state index contributed by atoms with van der Waals surface area (Å²) < 4.78 is 10.9. The Hall–Kier alpha value is -2.37. The SMILES string of the molecule is CC(C)c1noc(-c2ccccc2OCC(=O)NC(C)(C)C)n1. The molecule has 2 rings (SSSR count). The van der Waals surface area contributed by atoms with Crippen LogP contribution in [0.3, 0.4) is 0 Å². The predicted octanol–water partition coefficient (Wildman–Crippen LogP) is 3.15. The van der Waals surface area contributed by atoms with Crippen molar-refractivity contribution in [3.05, 3.63) is 30.1 Å². The third kappa shape index (κ3) is 4.81. The quantitative estimate of drug-likeness (QED) is 0.916. The van der Waals surface area contributed by atoms with Gasteiger partial charge in [-0.25, -0.2) is 0 Å². The number of carbonyl (C=O) groups excluding carboxylic acids is 1. The van der Waals surface area contributed by atoms with Crippen LogP contribution in [0.1, 0.15) is 46.4 Å². The zero-order chi connectivity index (χ0) is 17.0. The first kappa shape index (κ1) is 17.0. The van der Waals surface area contributed by atoms with Crippen LogP contribution in [-0.2, 0) is 4.79 Å². The second-order valence-corrected chi connectivity index (χ2v) is 6.70. The molecule has 0 saturated heterocycles. The number of benzene rings is 1. The standard InChI is InChI=1S/C17H23N3O3/c1-11(2)15-18-16(23-20-15)12-8-6-7-9-13(12)22-10-14(21)19-17(3,4)5/h6-9,11H,10H2,1-5H3,(H,19,21). The molecule has 0 spiro atoms. The Morgan fingerprint density at radius 1 is 1.30 bits per heavy atom. The molecular formula is C17H23N3O3. The van der Waals surface area contributed by atoms with E-state index in [0.29, 0.717) is 23.0 Å². The van der Waals surface area contributed by atoms with Crippen molar-refractivity contribution in [2.45, 2.75) is 46.1 Å². The van der Waals surface area contributed by atoms with Crippen molar-refractivity contribution in [1.82, 2.24) is 15.5 Å². The van der Waals surface area contributed by atoms with Crippen LogP contribution < -0.4 is 10.1 Å². The molecule has 1 aromatic heterocycles. The van der Waals surface area contributed by atoms with Crippen LogP contribution in [0.25, 0.3) is 11.5 Å². The molecule has 1 N–H and O–H groups in total. The third-order valence-electron chi connectivity index (χ3n) is 2.95. The number of amides is 1. The Bertz CT molecular complexity index is 672. The number of nitrogens with zero attached hydrogens (tertiary/aromatic N) is 2. The molecule has 0 bridgehead atoms. The van der Waals surface area contributed by atoms with E-state index in [1.54, 1.807) is 6.07 Å². The number of hydrogen-bond donors (Lipinski definition) is 1. The van der Waals surface area contributed by atoms with Gasteiger partial charge < -0.3 is 14.6 Å². The first-order valence-electron chi connectivity index (χ1n) is 7.63. The fraction of sp³-hybridized carbons (Fsp3) is 0.471. The average Bonchev–Trinajstić information content (AvgIpc) is 2.93. The van der Waals surface area contributed by atoms with Crippen molar-refractivity contribution < 1.29 is 14.1 Å². The molecule has 23 heavy (non-hydrogen) atoms. The first-order chi connectivity index (χ1) is 10.8. The Labute approximate surface area is 136 Å². The fourth-order valence-corrected chi connectivity index (χ4v) is 1.95. The Morgan fingerprint density at radius 3 is 2.61 bits per heavy atom. The fourth-order valence-electron chi connectivity index (χ4n) is 1.95. The van der Waals surface area contributed by atoms with Crippen LogP contribution in [0.5, 0.6) is 5.75 Å². The van der Waals surface area contributed by atoms with Crippen molar-refractivity contribution in [3.8, 4) is 17.2 Å². The summed E-state index contributed by atoms with van der Waals surface area (Å²) >= 11 is 0. The Balaban J connectivity index is 2.13. The highest BCUT2D eigenvalue weighted by atomic mass is 16.5. The minimum Gasteiger partial charge on any atom is -0.483 e. The zero-order valence-electron chi connectivity index (χ0n) is 14.2. The van der Waals surface area contributed by atoms with Crippen molar-refractivity contribution in [2.75, 3.05) is 6.61 Å². The van der Waals surface area contributed by atoms with Crippen molar-refractivity contribution in [2.24, 2.45) is 0 Å². The van der Waals surface area contributed by atoms with E-state index in [1.807, 2.05) is 52.8 Å². The van der Waals surface area contributed by atoms with E-state index >= 15 is 0 Å². The lowest BCUT2D eigenvalue weighted by molar-refractivity contribution is -0.124. The molecule has 124 valence electrons. The summed E-state index contributed by atoms with van der Waals surface area (Å²) in [6.07, 6.45) is 0. The molecule has 0 aliphatic carbocycles.